The van der Waals surface area contributed by atoms with Gasteiger partial charge in [0.15, 0.2) is 0 Å². The first-order valence-electron chi connectivity index (χ1n) is 8.20. The maximum atomic E-state index is 12.5. The normalized spacial score (nSPS) is 28.8. The van der Waals surface area contributed by atoms with Crippen molar-refractivity contribution in [3.63, 3.8) is 0 Å². The highest BCUT2D eigenvalue weighted by Gasteiger charge is 2.42. The number of amides is 1. The molecule has 1 saturated carbocycles. The molecule has 4 nitrogen and oxygen atoms in total. The topological polar surface area (TPSA) is 64.4 Å². The molecule has 0 radical (unpaired) electrons. The van der Waals surface area contributed by atoms with E-state index in [0.717, 1.165) is 24.8 Å². The summed E-state index contributed by atoms with van der Waals surface area (Å²) in [5.74, 6) is 1.63. The minimum Gasteiger partial charge on any atom is -0.392 e. The Labute approximate surface area is 133 Å². The first-order chi connectivity index (χ1) is 10.0. The number of ether oxygens (including phenoxy) is 1. The van der Waals surface area contributed by atoms with E-state index in [2.05, 4.69) is 12.2 Å². The number of rotatable bonds is 5. The van der Waals surface area contributed by atoms with Crippen LogP contribution in [0.3, 0.4) is 0 Å². The van der Waals surface area contributed by atoms with Crippen LogP contribution in [-0.4, -0.2) is 30.7 Å². The summed E-state index contributed by atoms with van der Waals surface area (Å²) in [6.07, 6.45) is 7.53. The molecule has 1 aliphatic carbocycles. The third-order valence-electron chi connectivity index (χ3n) is 5.23. The summed E-state index contributed by atoms with van der Waals surface area (Å²) in [5.41, 5.74) is 5.16. The Morgan fingerprint density at radius 1 is 1.29 bits per heavy atom. The van der Waals surface area contributed by atoms with E-state index >= 15 is 0 Å². The molecule has 2 aliphatic rings. The lowest BCUT2D eigenvalue weighted by Crippen LogP contribution is -2.52. The third-order valence-corrected chi connectivity index (χ3v) is 5.62. The highest BCUT2D eigenvalue weighted by atomic mass is 32.1. The van der Waals surface area contributed by atoms with Crippen molar-refractivity contribution in [3.8, 4) is 0 Å². The average molecular weight is 312 g/mol. The molecular formula is C16H28N2O2S. The quantitative estimate of drug-likeness (QED) is 0.765. The fourth-order valence-electron chi connectivity index (χ4n) is 3.48. The predicted octanol–water partition coefficient (Wildman–Crippen LogP) is 2.40. The smallest absolute Gasteiger partial charge is 0.233 e. The van der Waals surface area contributed by atoms with Crippen molar-refractivity contribution in [1.82, 2.24) is 5.32 Å². The van der Waals surface area contributed by atoms with Crippen LogP contribution in [0.25, 0.3) is 0 Å². The average Bonchev–Trinajstić information content (AvgIpc) is 2.49. The summed E-state index contributed by atoms with van der Waals surface area (Å²) >= 11 is 5.15. The lowest BCUT2D eigenvalue weighted by molar-refractivity contribution is -0.131. The van der Waals surface area contributed by atoms with Crippen molar-refractivity contribution in [3.05, 3.63) is 0 Å². The zero-order valence-electron chi connectivity index (χ0n) is 13.0. The van der Waals surface area contributed by atoms with Gasteiger partial charge >= 0.3 is 0 Å². The van der Waals surface area contributed by atoms with E-state index in [-0.39, 0.29) is 5.91 Å². The molecule has 0 aromatic carbocycles. The van der Waals surface area contributed by atoms with Gasteiger partial charge in [-0.3, -0.25) is 4.79 Å². The molecule has 3 N–H and O–H groups in total. The number of thiocarbonyl (C=S) groups is 1. The van der Waals surface area contributed by atoms with Crippen LogP contribution >= 0.6 is 12.2 Å². The molecule has 0 bridgehead atoms. The summed E-state index contributed by atoms with van der Waals surface area (Å²) in [4.78, 5) is 12.8. The number of hydrogen-bond donors (Lipinski definition) is 2. The standard InChI is InChI=1S/C16H28N2O2S/c1-12-2-4-13(5-3-12)6-9-18-15(19)16(14(17)21)7-10-20-11-8-16/h12-13H,2-11H2,1H3,(H2,17,21)(H,18,19). The number of hydrogen-bond acceptors (Lipinski definition) is 3. The molecule has 1 saturated heterocycles. The summed E-state index contributed by atoms with van der Waals surface area (Å²) in [6, 6.07) is 0. The number of carbonyl (C=O) groups excluding carboxylic acids is 1. The molecule has 0 aromatic rings. The molecule has 5 heteroatoms. The number of nitrogens with two attached hydrogens (primary N) is 1. The molecule has 2 rings (SSSR count). The first kappa shape index (κ1) is 16.7. The van der Waals surface area contributed by atoms with Crippen molar-refractivity contribution >= 4 is 23.1 Å². The second kappa shape index (κ2) is 7.54. The molecule has 1 heterocycles. The van der Waals surface area contributed by atoms with Gasteiger partial charge in [-0.25, -0.2) is 0 Å². The van der Waals surface area contributed by atoms with Crippen molar-refractivity contribution in [2.75, 3.05) is 19.8 Å². The zero-order chi connectivity index (χ0) is 15.3. The van der Waals surface area contributed by atoms with Gasteiger partial charge in [0.25, 0.3) is 0 Å². The highest BCUT2D eigenvalue weighted by Crippen LogP contribution is 2.32. The largest absolute Gasteiger partial charge is 0.392 e. The SMILES string of the molecule is CC1CCC(CCNC(=O)C2(C(N)=S)CCOCC2)CC1. The van der Waals surface area contributed by atoms with Crippen molar-refractivity contribution in [1.29, 1.82) is 0 Å². The number of carbonyl (C=O) groups is 1. The van der Waals surface area contributed by atoms with Crippen LogP contribution in [0.2, 0.25) is 0 Å². The number of nitrogens with one attached hydrogen (secondary N) is 1. The van der Waals surface area contributed by atoms with Gasteiger partial charge in [0.1, 0.15) is 5.41 Å². The summed E-state index contributed by atoms with van der Waals surface area (Å²) < 4.78 is 5.34. The Bertz CT molecular complexity index is 372. The molecule has 0 spiro atoms. The van der Waals surface area contributed by atoms with Gasteiger partial charge in [0.05, 0.1) is 4.99 Å². The second-order valence-corrected chi connectivity index (χ2v) is 7.17. The third kappa shape index (κ3) is 4.16. The Balaban J connectivity index is 1.78. The Hall–Kier alpha value is -0.680. The van der Waals surface area contributed by atoms with Crippen LogP contribution in [0.4, 0.5) is 0 Å². The fraction of sp³-hybridized carbons (Fsp3) is 0.875. The molecule has 2 fully saturated rings. The molecule has 120 valence electrons. The summed E-state index contributed by atoms with van der Waals surface area (Å²) in [7, 11) is 0. The van der Waals surface area contributed by atoms with Gasteiger partial charge < -0.3 is 15.8 Å². The van der Waals surface area contributed by atoms with Gasteiger partial charge in [-0.2, -0.15) is 0 Å². The van der Waals surface area contributed by atoms with Gasteiger partial charge in [0.2, 0.25) is 5.91 Å². The minimum atomic E-state index is -0.686. The molecule has 0 atom stereocenters. The fourth-order valence-corrected chi connectivity index (χ4v) is 3.78. The summed E-state index contributed by atoms with van der Waals surface area (Å²) in [6.45, 7) is 4.19. The van der Waals surface area contributed by atoms with E-state index in [1.54, 1.807) is 0 Å². The first-order valence-corrected chi connectivity index (χ1v) is 8.61. The Kier molecular flexibility index (Phi) is 5.99. The highest BCUT2D eigenvalue weighted by molar-refractivity contribution is 7.80. The summed E-state index contributed by atoms with van der Waals surface area (Å²) in [5, 5.41) is 3.07. The van der Waals surface area contributed by atoms with Gasteiger partial charge in [-0.1, -0.05) is 44.8 Å². The molecule has 0 aromatic heterocycles. The molecule has 21 heavy (non-hydrogen) atoms. The lowest BCUT2D eigenvalue weighted by Gasteiger charge is -2.35. The molecule has 1 aliphatic heterocycles. The molecular weight excluding hydrogens is 284 g/mol. The van der Waals surface area contributed by atoms with Gasteiger partial charge in [-0.15, -0.1) is 0 Å². The van der Waals surface area contributed by atoms with Crippen LogP contribution in [-0.2, 0) is 9.53 Å². The Morgan fingerprint density at radius 2 is 1.90 bits per heavy atom. The van der Waals surface area contributed by atoms with Crippen molar-refractivity contribution in [2.24, 2.45) is 23.0 Å². The van der Waals surface area contributed by atoms with Gasteiger partial charge in [0, 0.05) is 19.8 Å². The van der Waals surface area contributed by atoms with E-state index in [4.69, 9.17) is 22.7 Å². The second-order valence-electron chi connectivity index (χ2n) is 6.73. The van der Waals surface area contributed by atoms with Crippen molar-refractivity contribution < 1.29 is 9.53 Å². The zero-order valence-corrected chi connectivity index (χ0v) is 13.8. The Morgan fingerprint density at radius 3 is 2.48 bits per heavy atom. The van der Waals surface area contributed by atoms with E-state index in [1.807, 2.05) is 0 Å². The lowest BCUT2D eigenvalue weighted by atomic mass is 9.79. The maximum absolute atomic E-state index is 12.5. The minimum absolute atomic E-state index is 0.00229. The van der Waals surface area contributed by atoms with Gasteiger partial charge in [-0.05, 0) is 31.1 Å². The van der Waals surface area contributed by atoms with E-state index in [9.17, 15) is 4.79 Å². The van der Waals surface area contributed by atoms with Crippen LogP contribution < -0.4 is 11.1 Å². The van der Waals surface area contributed by atoms with Crippen LogP contribution in [0.15, 0.2) is 0 Å². The van der Waals surface area contributed by atoms with Crippen LogP contribution in [0.1, 0.15) is 51.9 Å². The molecule has 0 unspecified atom stereocenters. The molecule has 1 amide bonds. The van der Waals surface area contributed by atoms with E-state index in [0.29, 0.717) is 31.0 Å². The van der Waals surface area contributed by atoms with Crippen molar-refractivity contribution in [2.45, 2.75) is 51.9 Å². The van der Waals surface area contributed by atoms with Crippen LogP contribution in [0, 0.1) is 17.3 Å². The predicted molar refractivity (Wildman–Crippen MR) is 88.0 cm³/mol. The maximum Gasteiger partial charge on any atom is 0.233 e. The van der Waals surface area contributed by atoms with Crippen LogP contribution in [0.5, 0.6) is 0 Å². The van der Waals surface area contributed by atoms with E-state index < -0.39 is 5.41 Å². The van der Waals surface area contributed by atoms with E-state index in [1.165, 1.54) is 25.7 Å². The monoisotopic (exact) mass is 312 g/mol.